The summed E-state index contributed by atoms with van der Waals surface area (Å²) in [5.74, 6) is -0.310. The lowest BCUT2D eigenvalue weighted by molar-refractivity contribution is -0.149. The summed E-state index contributed by atoms with van der Waals surface area (Å²) in [6.45, 7) is 2.17. The summed E-state index contributed by atoms with van der Waals surface area (Å²) >= 11 is 7.60. The monoisotopic (exact) mass is 325 g/mol. The van der Waals surface area contributed by atoms with Crippen molar-refractivity contribution in [2.75, 3.05) is 13.7 Å². The molecular formula is C15H16ClNO3S. The number of carbonyl (C=O) groups is 1. The summed E-state index contributed by atoms with van der Waals surface area (Å²) in [5.41, 5.74) is 1.56. The average Bonchev–Trinajstić information content (AvgIpc) is 2.87. The number of hydrogen-bond acceptors (Lipinski definition) is 5. The molecule has 21 heavy (non-hydrogen) atoms. The summed E-state index contributed by atoms with van der Waals surface area (Å²) in [7, 11) is 1.57. The predicted octanol–water partition coefficient (Wildman–Crippen LogP) is 3.58. The van der Waals surface area contributed by atoms with E-state index in [2.05, 4.69) is 4.98 Å². The summed E-state index contributed by atoms with van der Waals surface area (Å²) < 4.78 is 10.1. The Balaban J connectivity index is 2.01. The molecule has 1 aromatic heterocycles. The van der Waals surface area contributed by atoms with Gasteiger partial charge in [0.25, 0.3) is 0 Å². The van der Waals surface area contributed by atoms with E-state index in [-0.39, 0.29) is 18.5 Å². The van der Waals surface area contributed by atoms with Crippen LogP contribution in [0.15, 0.2) is 29.6 Å². The van der Waals surface area contributed by atoms with E-state index >= 15 is 0 Å². The van der Waals surface area contributed by atoms with Gasteiger partial charge in [0.15, 0.2) is 0 Å². The van der Waals surface area contributed by atoms with Crippen LogP contribution in [0.25, 0.3) is 10.6 Å². The Morgan fingerprint density at radius 3 is 2.90 bits per heavy atom. The van der Waals surface area contributed by atoms with Gasteiger partial charge in [0.05, 0.1) is 23.7 Å². The maximum atomic E-state index is 11.8. The molecule has 6 heteroatoms. The van der Waals surface area contributed by atoms with Gasteiger partial charge in [-0.2, -0.15) is 0 Å². The number of rotatable bonds is 6. The number of halogens is 1. The Labute approximate surface area is 132 Å². The number of carbonyl (C=O) groups excluding carboxylic acids is 1. The SMILES string of the molecule is COC[C@@H](C)OC(=O)Cc1csc(-c2ccccc2Cl)n1. The highest BCUT2D eigenvalue weighted by atomic mass is 35.5. The fraction of sp³-hybridized carbons (Fsp3) is 0.333. The summed E-state index contributed by atoms with van der Waals surface area (Å²) in [5, 5.41) is 3.30. The predicted molar refractivity (Wildman–Crippen MR) is 83.7 cm³/mol. The Morgan fingerprint density at radius 1 is 1.43 bits per heavy atom. The van der Waals surface area contributed by atoms with Gasteiger partial charge in [-0.1, -0.05) is 29.8 Å². The van der Waals surface area contributed by atoms with Gasteiger partial charge in [-0.05, 0) is 13.0 Å². The van der Waals surface area contributed by atoms with Crippen LogP contribution >= 0.6 is 22.9 Å². The molecule has 0 saturated heterocycles. The fourth-order valence-corrected chi connectivity index (χ4v) is 2.97. The van der Waals surface area contributed by atoms with Crippen molar-refractivity contribution in [3.8, 4) is 10.6 Å². The Hall–Kier alpha value is -1.43. The van der Waals surface area contributed by atoms with Crippen LogP contribution in [0.5, 0.6) is 0 Å². The maximum Gasteiger partial charge on any atom is 0.312 e. The highest BCUT2D eigenvalue weighted by Crippen LogP contribution is 2.30. The summed E-state index contributed by atoms with van der Waals surface area (Å²) in [6.07, 6.45) is -0.112. The van der Waals surface area contributed by atoms with Gasteiger partial charge in [-0.25, -0.2) is 4.98 Å². The third-order valence-electron chi connectivity index (χ3n) is 2.72. The van der Waals surface area contributed by atoms with Crippen LogP contribution in [0, 0.1) is 0 Å². The highest BCUT2D eigenvalue weighted by Gasteiger charge is 2.14. The van der Waals surface area contributed by atoms with Crippen molar-refractivity contribution in [3.63, 3.8) is 0 Å². The van der Waals surface area contributed by atoms with Gasteiger partial charge in [0, 0.05) is 18.1 Å². The zero-order valence-electron chi connectivity index (χ0n) is 11.8. The van der Waals surface area contributed by atoms with E-state index in [0.29, 0.717) is 17.3 Å². The quantitative estimate of drug-likeness (QED) is 0.762. The third kappa shape index (κ3) is 4.52. The minimum absolute atomic E-state index is 0.148. The molecule has 0 aliphatic carbocycles. The number of hydrogen-bond donors (Lipinski definition) is 0. The molecule has 0 aliphatic rings. The van der Waals surface area contributed by atoms with E-state index in [0.717, 1.165) is 10.6 Å². The van der Waals surface area contributed by atoms with E-state index in [9.17, 15) is 4.79 Å². The van der Waals surface area contributed by atoms with Gasteiger partial charge < -0.3 is 9.47 Å². The minimum atomic E-state index is -0.310. The minimum Gasteiger partial charge on any atom is -0.460 e. The van der Waals surface area contributed by atoms with Gasteiger partial charge in [0.1, 0.15) is 11.1 Å². The van der Waals surface area contributed by atoms with Crippen LogP contribution in [-0.4, -0.2) is 30.8 Å². The van der Waals surface area contributed by atoms with Crippen molar-refractivity contribution in [2.24, 2.45) is 0 Å². The topological polar surface area (TPSA) is 48.4 Å². The van der Waals surface area contributed by atoms with Crippen LogP contribution in [0.2, 0.25) is 5.02 Å². The fourth-order valence-electron chi connectivity index (χ4n) is 1.83. The first-order chi connectivity index (χ1) is 10.1. The molecule has 0 spiro atoms. The second-order valence-corrected chi connectivity index (χ2v) is 5.82. The first-order valence-corrected chi connectivity index (χ1v) is 7.73. The van der Waals surface area contributed by atoms with Crippen LogP contribution < -0.4 is 0 Å². The second-order valence-electron chi connectivity index (χ2n) is 4.56. The number of methoxy groups -OCH3 is 1. The third-order valence-corrected chi connectivity index (χ3v) is 3.97. The molecule has 0 amide bonds. The Bertz CT molecular complexity index is 614. The van der Waals surface area contributed by atoms with Gasteiger partial charge in [-0.15, -0.1) is 11.3 Å². The van der Waals surface area contributed by atoms with E-state index in [1.54, 1.807) is 14.0 Å². The molecule has 2 aromatic rings. The molecule has 0 bridgehead atoms. The normalized spacial score (nSPS) is 12.1. The number of nitrogens with zero attached hydrogens (tertiary/aromatic N) is 1. The number of esters is 1. The molecule has 0 radical (unpaired) electrons. The number of thiazole rings is 1. The molecule has 0 unspecified atom stereocenters. The zero-order valence-corrected chi connectivity index (χ0v) is 13.4. The zero-order chi connectivity index (χ0) is 15.2. The molecule has 1 heterocycles. The number of benzene rings is 1. The molecule has 112 valence electrons. The van der Waals surface area contributed by atoms with Crippen LogP contribution in [0.3, 0.4) is 0 Å². The van der Waals surface area contributed by atoms with Crippen molar-refractivity contribution in [2.45, 2.75) is 19.4 Å². The first-order valence-electron chi connectivity index (χ1n) is 6.48. The van der Waals surface area contributed by atoms with E-state index in [1.807, 2.05) is 29.6 Å². The van der Waals surface area contributed by atoms with E-state index < -0.39 is 0 Å². The number of aromatic nitrogens is 1. The largest absolute Gasteiger partial charge is 0.460 e. The molecule has 0 saturated carbocycles. The lowest BCUT2D eigenvalue weighted by Gasteiger charge is -2.11. The molecular weight excluding hydrogens is 310 g/mol. The van der Waals surface area contributed by atoms with Crippen LogP contribution in [0.1, 0.15) is 12.6 Å². The molecule has 1 aromatic carbocycles. The second kappa shape index (κ2) is 7.54. The van der Waals surface area contributed by atoms with Crippen LogP contribution in [0.4, 0.5) is 0 Å². The molecule has 0 aliphatic heterocycles. The molecule has 1 atom stereocenters. The Kier molecular flexibility index (Phi) is 5.73. The van der Waals surface area contributed by atoms with Crippen molar-refractivity contribution in [1.82, 2.24) is 4.98 Å². The van der Waals surface area contributed by atoms with E-state index in [1.165, 1.54) is 11.3 Å². The van der Waals surface area contributed by atoms with Crippen molar-refractivity contribution < 1.29 is 14.3 Å². The molecule has 0 N–H and O–H groups in total. The number of ether oxygens (including phenoxy) is 2. The van der Waals surface area contributed by atoms with Crippen LogP contribution in [-0.2, 0) is 20.7 Å². The Morgan fingerprint density at radius 2 is 2.19 bits per heavy atom. The lowest BCUT2D eigenvalue weighted by atomic mass is 10.2. The summed E-state index contributed by atoms with van der Waals surface area (Å²) in [6, 6.07) is 7.50. The molecule has 0 fully saturated rings. The van der Waals surface area contributed by atoms with Gasteiger partial charge >= 0.3 is 5.97 Å². The van der Waals surface area contributed by atoms with Gasteiger partial charge in [-0.3, -0.25) is 4.79 Å². The first kappa shape index (κ1) is 15.9. The van der Waals surface area contributed by atoms with E-state index in [4.69, 9.17) is 21.1 Å². The average molecular weight is 326 g/mol. The molecule has 4 nitrogen and oxygen atoms in total. The standard InChI is InChI=1S/C15H16ClNO3S/c1-10(8-19-2)20-14(18)7-11-9-21-15(17-11)12-5-3-4-6-13(12)16/h3-6,9-10H,7-8H2,1-2H3/t10-/m1/s1. The van der Waals surface area contributed by atoms with Gasteiger partial charge in [0.2, 0.25) is 0 Å². The smallest absolute Gasteiger partial charge is 0.312 e. The lowest BCUT2D eigenvalue weighted by Crippen LogP contribution is -2.20. The van der Waals surface area contributed by atoms with Crippen molar-refractivity contribution >= 4 is 28.9 Å². The maximum absolute atomic E-state index is 11.8. The highest BCUT2D eigenvalue weighted by molar-refractivity contribution is 7.13. The van der Waals surface area contributed by atoms with Crippen molar-refractivity contribution in [1.29, 1.82) is 0 Å². The summed E-state index contributed by atoms with van der Waals surface area (Å²) in [4.78, 5) is 16.2. The molecule has 2 rings (SSSR count). The van der Waals surface area contributed by atoms with Crippen molar-refractivity contribution in [3.05, 3.63) is 40.4 Å².